The zero-order valence-corrected chi connectivity index (χ0v) is 8.49. The van der Waals surface area contributed by atoms with Crippen LogP contribution in [-0.4, -0.2) is 12.1 Å². The first kappa shape index (κ1) is 11.6. The van der Waals surface area contributed by atoms with Crippen LogP contribution in [0.3, 0.4) is 0 Å². The van der Waals surface area contributed by atoms with Gasteiger partial charge in [-0.05, 0) is 24.3 Å². The number of halogens is 4. The van der Waals surface area contributed by atoms with Crippen molar-refractivity contribution in [2.45, 2.75) is 19.5 Å². The maximum Gasteiger partial charge on any atom is 0.416 e. The zero-order valence-electron chi connectivity index (χ0n) is 7.74. The van der Waals surface area contributed by atoms with Gasteiger partial charge in [-0.2, -0.15) is 13.2 Å². The molecule has 1 atom stereocenters. The SMILES string of the molecule is CC(CCl)C1=C(C(F)(F)F)C=CC[CH]1. The third kappa shape index (κ3) is 2.53. The maximum atomic E-state index is 12.5. The minimum absolute atomic E-state index is 0.208. The van der Waals surface area contributed by atoms with Crippen molar-refractivity contribution in [1.82, 2.24) is 0 Å². The van der Waals surface area contributed by atoms with E-state index in [0.717, 1.165) is 6.08 Å². The second kappa shape index (κ2) is 4.39. The molecule has 1 aliphatic rings. The molecule has 0 aromatic carbocycles. The first-order valence-corrected chi connectivity index (χ1v) is 4.87. The Labute approximate surface area is 86.4 Å². The summed E-state index contributed by atoms with van der Waals surface area (Å²) in [7, 11) is 0. The lowest BCUT2D eigenvalue weighted by molar-refractivity contribution is -0.0894. The third-order valence-corrected chi connectivity index (χ3v) is 2.60. The highest BCUT2D eigenvalue weighted by molar-refractivity contribution is 6.18. The maximum absolute atomic E-state index is 12.5. The summed E-state index contributed by atoms with van der Waals surface area (Å²) in [4.78, 5) is 0. The molecule has 0 N–H and O–H groups in total. The highest BCUT2D eigenvalue weighted by Crippen LogP contribution is 2.36. The lowest BCUT2D eigenvalue weighted by Crippen LogP contribution is -2.18. The standard InChI is InChI=1S/C10H11ClF3/c1-7(6-11)8-4-2-3-5-9(8)10(12,13)14/h3-5,7H,2,6H2,1H3. The largest absolute Gasteiger partial charge is 0.416 e. The highest BCUT2D eigenvalue weighted by atomic mass is 35.5. The summed E-state index contributed by atoms with van der Waals surface area (Å²) in [6, 6.07) is 0. The first-order chi connectivity index (χ1) is 6.46. The van der Waals surface area contributed by atoms with Gasteiger partial charge in [0.25, 0.3) is 0 Å². The van der Waals surface area contributed by atoms with Crippen LogP contribution < -0.4 is 0 Å². The molecule has 1 unspecified atom stereocenters. The Hall–Kier alpha value is -0.440. The van der Waals surface area contributed by atoms with Gasteiger partial charge in [0, 0.05) is 5.88 Å². The molecule has 1 rings (SSSR count). The van der Waals surface area contributed by atoms with E-state index in [4.69, 9.17) is 11.6 Å². The zero-order chi connectivity index (χ0) is 10.8. The summed E-state index contributed by atoms with van der Waals surface area (Å²) in [5.74, 6) is -0.0440. The van der Waals surface area contributed by atoms with Crippen LogP contribution in [0.4, 0.5) is 13.2 Å². The van der Waals surface area contributed by atoms with E-state index in [1.54, 1.807) is 13.3 Å². The van der Waals surface area contributed by atoms with Crippen LogP contribution in [0.2, 0.25) is 0 Å². The Morgan fingerprint density at radius 2 is 2.14 bits per heavy atom. The van der Waals surface area contributed by atoms with E-state index in [1.807, 2.05) is 0 Å². The summed E-state index contributed by atoms with van der Waals surface area (Å²) in [6.07, 6.45) is 0.515. The molecule has 0 aliphatic heterocycles. The Morgan fingerprint density at radius 3 is 2.64 bits per heavy atom. The molecule has 14 heavy (non-hydrogen) atoms. The molecular weight excluding hydrogens is 213 g/mol. The van der Waals surface area contributed by atoms with Gasteiger partial charge < -0.3 is 0 Å². The molecule has 79 valence electrons. The topological polar surface area (TPSA) is 0 Å². The van der Waals surface area contributed by atoms with Crippen LogP contribution in [0.5, 0.6) is 0 Å². The Bertz CT molecular complexity index is 263. The van der Waals surface area contributed by atoms with E-state index >= 15 is 0 Å². The van der Waals surface area contributed by atoms with Crippen LogP contribution in [-0.2, 0) is 0 Å². The molecule has 0 saturated heterocycles. The van der Waals surface area contributed by atoms with Gasteiger partial charge in [0.05, 0.1) is 5.57 Å². The highest BCUT2D eigenvalue weighted by Gasteiger charge is 2.36. The third-order valence-electron chi connectivity index (χ3n) is 2.14. The number of alkyl halides is 4. The fourth-order valence-corrected chi connectivity index (χ4v) is 1.56. The molecule has 1 aliphatic carbocycles. The monoisotopic (exact) mass is 223 g/mol. The molecule has 0 amide bonds. The average Bonchev–Trinajstić information content (AvgIpc) is 2.15. The number of rotatable bonds is 2. The Kier molecular flexibility index (Phi) is 3.65. The summed E-state index contributed by atoms with van der Waals surface area (Å²) in [5.41, 5.74) is -0.244. The van der Waals surface area contributed by atoms with Crippen molar-refractivity contribution in [3.05, 3.63) is 29.7 Å². The van der Waals surface area contributed by atoms with Crippen LogP contribution >= 0.6 is 11.6 Å². The summed E-state index contributed by atoms with van der Waals surface area (Å²) < 4.78 is 37.5. The van der Waals surface area contributed by atoms with E-state index in [-0.39, 0.29) is 11.8 Å². The van der Waals surface area contributed by atoms with E-state index in [2.05, 4.69) is 0 Å². The Morgan fingerprint density at radius 1 is 1.50 bits per heavy atom. The molecule has 0 heterocycles. The van der Waals surface area contributed by atoms with E-state index in [9.17, 15) is 13.2 Å². The van der Waals surface area contributed by atoms with Crippen LogP contribution in [0.1, 0.15) is 13.3 Å². The Balaban J connectivity index is 3.04. The molecule has 0 aromatic rings. The van der Waals surface area contributed by atoms with Crippen molar-refractivity contribution in [3.63, 3.8) is 0 Å². The van der Waals surface area contributed by atoms with Gasteiger partial charge in [-0.15, -0.1) is 11.6 Å². The predicted molar refractivity (Wildman–Crippen MR) is 51.0 cm³/mol. The van der Waals surface area contributed by atoms with Gasteiger partial charge in [-0.1, -0.05) is 19.1 Å². The lowest BCUT2D eigenvalue weighted by atomic mass is 9.89. The van der Waals surface area contributed by atoms with Crippen molar-refractivity contribution < 1.29 is 13.2 Å². The van der Waals surface area contributed by atoms with Gasteiger partial charge in [0.15, 0.2) is 0 Å². The molecule has 4 heteroatoms. The van der Waals surface area contributed by atoms with Gasteiger partial charge in [-0.3, -0.25) is 0 Å². The fourth-order valence-electron chi connectivity index (χ4n) is 1.39. The fraction of sp³-hybridized carbons (Fsp3) is 0.500. The molecule has 0 bridgehead atoms. The van der Waals surface area contributed by atoms with Crippen molar-refractivity contribution in [2.24, 2.45) is 5.92 Å². The molecule has 0 aromatic heterocycles. The summed E-state index contributed by atoms with van der Waals surface area (Å²) >= 11 is 5.56. The smallest absolute Gasteiger partial charge is 0.166 e. The van der Waals surface area contributed by atoms with Crippen LogP contribution in [0.25, 0.3) is 0 Å². The minimum atomic E-state index is -4.27. The lowest BCUT2D eigenvalue weighted by Gasteiger charge is -2.21. The number of hydrogen-bond acceptors (Lipinski definition) is 0. The molecule has 0 nitrogen and oxygen atoms in total. The second-order valence-electron chi connectivity index (χ2n) is 3.26. The van der Waals surface area contributed by atoms with E-state index < -0.39 is 11.7 Å². The second-order valence-corrected chi connectivity index (χ2v) is 3.57. The van der Waals surface area contributed by atoms with Gasteiger partial charge in [-0.25, -0.2) is 0 Å². The van der Waals surface area contributed by atoms with Crippen LogP contribution in [0, 0.1) is 12.3 Å². The molecule has 0 fully saturated rings. The van der Waals surface area contributed by atoms with Gasteiger partial charge in [0.2, 0.25) is 0 Å². The van der Waals surface area contributed by atoms with Gasteiger partial charge >= 0.3 is 6.18 Å². The van der Waals surface area contributed by atoms with E-state index in [0.29, 0.717) is 12.0 Å². The van der Waals surface area contributed by atoms with Crippen molar-refractivity contribution >= 4 is 11.6 Å². The van der Waals surface area contributed by atoms with E-state index in [1.165, 1.54) is 6.08 Å². The van der Waals surface area contributed by atoms with Crippen LogP contribution in [0.15, 0.2) is 23.3 Å². The molecule has 0 spiro atoms. The van der Waals surface area contributed by atoms with Crippen molar-refractivity contribution in [1.29, 1.82) is 0 Å². The normalized spacial score (nSPS) is 20.1. The summed E-state index contributed by atoms with van der Waals surface area (Å²) in [5, 5.41) is 0. The summed E-state index contributed by atoms with van der Waals surface area (Å²) in [6.45, 7) is 1.70. The van der Waals surface area contributed by atoms with Gasteiger partial charge in [0.1, 0.15) is 0 Å². The van der Waals surface area contributed by atoms with Crippen molar-refractivity contribution in [3.8, 4) is 0 Å². The number of hydrogen-bond donors (Lipinski definition) is 0. The molecular formula is C10H11ClF3. The average molecular weight is 224 g/mol. The predicted octanol–water partition coefficient (Wildman–Crippen LogP) is 3.88. The molecule has 1 radical (unpaired) electrons. The number of allylic oxidation sites excluding steroid dienone is 4. The first-order valence-electron chi connectivity index (χ1n) is 4.34. The van der Waals surface area contributed by atoms with Crippen molar-refractivity contribution in [2.75, 3.05) is 5.88 Å². The quantitative estimate of drug-likeness (QED) is 0.623. The molecule has 0 saturated carbocycles. The minimum Gasteiger partial charge on any atom is -0.166 e.